The van der Waals surface area contributed by atoms with Crippen LogP contribution in [-0.4, -0.2) is 11.6 Å². The molecule has 0 atom stereocenters. The van der Waals surface area contributed by atoms with Crippen LogP contribution >= 0.6 is 0 Å². The standard InChI is InChI=1S/C9H13NO/c1-9(2,3)7-5-4-6-8(11)10-7/h4-5H,6H2,1-3H3. The molecular formula is C9H13NO. The number of dihydropyridines is 1. The number of amides is 1. The molecule has 2 heteroatoms. The molecule has 0 radical (unpaired) electrons. The van der Waals surface area contributed by atoms with Gasteiger partial charge in [0.15, 0.2) is 0 Å². The van der Waals surface area contributed by atoms with Crippen LogP contribution in [0.5, 0.6) is 0 Å². The molecule has 0 unspecified atom stereocenters. The lowest BCUT2D eigenvalue weighted by Crippen LogP contribution is -2.21. The maximum atomic E-state index is 10.9. The first-order chi connectivity index (χ1) is 5.00. The van der Waals surface area contributed by atoms with Crippen molar-refractivity contribution in [2.24, 2.45) is 10.4 Å². The van der Waals surface area contributed by atoms with Crippen molar-refractivity contribution in [1.82, 2.24) is 0 Å². The molecule has 1 aliphatic heterocycles. The molecule has 0 aromatic heterocycles. The molecule has 0 spiro atoms. The molecule has 2 nitrogen and oxygen atoms in total. The molecular weight excluding hydrogens is 138 g/mol. The predicted octanol–water partition coefficient (Wildman–Crippen LogP) is 1.96. The monoisotopic (exact) mass is 151 g/mol. The highest BCUT2D eigenvalue weighted by Crippen LogP contribution is 2.19. The first-order valence-electron chi connectivity index (χ1n) is 3.79. The molecule has 60 valence electrons. The highest BCUT2D eigenvalue weighted by Gasteiger charge is 2.19. The van der Waals surface area contributed by atoms with Gasteiger partial charge in [0.2, 0.25) is 5.91 Å². The second kappa shape index (κ2) is 2.61. The molecule has 1 aliphatic rings. The summed E-state index contributed by atoms with van der Waals surface area (Å²) in [7, 11) is 0. The lowest BCUT2D eigenvalue weighted by molar-refractivity contribution is -0.117. The number of carbonyl (C=O) groups excluding carboxylic acids is 1. The summed E-state index contributed by atoms with van der Waals surface area (Å²) in [5, 5.41) is 0. The Bertz CT molecular complexity index is 230. The maximum absolute atomic E-state index is 10.9. The third-order valence-corrected chi connectivity index (χ3v) is 1.58. The maximum Gasteiger partial charge on any atom is 0.249 e. The number of nitrogens with zero attached hydrogens (tertiary/aromatic N) is 1. The van der Waals surface area contributed by atoms with E-state index in [2.05, 4.69) is 25.8 Å². The third kappa shape index (κ3) is 2.00. The number of aliphatic imine (C=N–C) groups is 1. The Hall–Kier alpha value is -0.920. The van der Waals surface area contributed by atoms with Crippen molar-refractivity contribution in [2.75, 3.05) is 0 Å². The zero-order valence-electron chi connectivity index (χ0n) is 7.22. The molecule has 0 N–H and O–H groups in total. The SMILES string of the molecule is CC(C)(C)C1=NC(=O)CC=C1. The van der Waals surface area contributed by atoms with Crippen LogP contribution in [0.3, 0.4) is 0 Å². The number of hydrogen-bond donors (Lipinski definition) is 0. The number of rotatable bonds is 0. The fourth-order valence-electron chi connectivity index (χ4n) is 0.906. The van der Waals surface area contributed by atoms with E-state index in [1.807, 2.05) is 12.2 Å². The van der Waals surface area contributed by atoms with Crippen LogP contribution in [0.4, 0.5) is 0 Å². The van der Waals surface area contributed by atoms with Crippen LogP contribution in [-0.2, 0) is 4.79 Å². The van der Waals surface area contributed by atoms with Gasteiger partial charge in [-0.3, -0.25) is 4.79 Å². The second-order valence-electron chi connectivity index (χ2n) is 3.75. The van der Waals surface area contributed by atoms with Gasteiger partial charge in [-0.2, -0.15) is 0 Å². The van der Waals surface area contributed by atoms with Crippen molar-refractivity contribution in [3.63, 3.8) is 0 Å². The van der Waals surface area contributed by atoms with Gasteiger partial charge in [-0.1, -0.05) is 26.8 Å². The third-order valence-electron chi connectivity index (χ3n) is 1.58. The lowest BCUT2D eigenvalue weighted by atomic mass is 9.88. The van der Waals surface area contributed by atoms with Crippen LogP contribution in [0, 0.1) is 5.41 Å². The predicted molar refractivity (Wildman–Crippen MR) is 45.7 cm³/mol. The Kier molecular flexibility index (Phi) is 1.94. The highest BCUT2D eigenvalue weighted by atomic mass is 16.1. The van der Waals surface area contributed by atoms with Gasteiger partial charge in [-0.25, -0.2) is 4.99 Å². The van der Waals surface area contributed by atoms with Crippen molar-refractivity contribution < 1.29 is 4.79 Å². The van der Waals surface area contributed by atoms with Gasteiger partial charge in [-0.05, 0) is 6.08 Å². The van der Waals surface area contributed by atoms with E-state index in [1.165, 1.54) is 0 Å². The van der Waals surface area contributed by atoms with Gasteiger partial charge in [0.1, 0.15) is 0 Å². The van der Waals surface area contributed by atoms with Gasteiger partial charge in [0, 0.05) is 17.5 Å². The van der Waals surface area contributed by atoms with Gasteiger partial charge < -0.3 is 0 Å². The van der Waals surface area contributed by atoms with Crippen LogP contribution < -0.4 is 0 Å². The van der Waals surface area contributed by atoms with Crippen molar-refractivity contribution in [3.8, 4) is 0 Å². The topological polar surface area (TPSA) is 29.4 Å². The fraction of sp³-hybridized carbons (Fsp3) is 0.556. The van der Waals surface area contributed by atoms with E-state index in [-0.39, 0.29) is 11.3 Å². The number of hydrogen-bond acceptors (Lipinski definition) is 1. The Labute approximate surface area is 67.0 Å². The molecule has 1 heterocycles. The van der Waals surface area contributed by atoms with Gasteiger partial charge in [0.25, 0.3) is 0 Å². The number of carbonyl (C=O) groups is 1. The summed E-state index contributed by atoms with van der Waals surface area (Å²) in [5.41, 5.74) is 0.876. The van der Waals surface area contributed by atoms with Gasteiger partial charge in [0.05, 0.1) is 0 Å². The molecule has 0 bridgehead atoms. The molecule has 1 amide bonds. The van der Waals surface area contributed by atoms with Crippen LogP contribution in [0.15, 0.2) is 17.1 Å². The quantitative estimate of drug-likeness (QED) is 0.520. The van der Waals surface area contributed by atoms with Crippen LogP contribution in [0.1, 0.15) is 27.2 Å². The van der Waals surface area contributed by atoms with Gasteiger partial charge in [-0.15, -0.1) is 0 Å². The summed E-state index contributed by atoms with van der Waals surface area (Å²) in [5.74, 6) is -0.0302. The van der Waals surface area contributed by atoms with E-state index < -0.39 is 0 Å². The average Bonchev–Trinajstić information content (AvgIpc) is 1.86. The Balaban J connectivity index is 2.88. The largest absolute Gasteiger partial charge is 0.272 e. The molecule has 0 aliphatic carbocycles. The molecule has 0 saturated carbocycles. The van der Waals surface area contributed by atoms with E-state index >= 15 is 0 Å². The minimum absolute atomic E-state index is 0.00736. The minimum Gasteiger partial charge on any atom is -0.272 e. The van der Waals surface area contributed by atoms with E-state index in [1.54, 1.807) is 0 Å². The van der Waals surface area contributed by atoms with Crippen LogP contribution in [0.25, 0.3) is 0 Å². The Morgan fingerprint density at radius 2 is 2.09 bits per heavy atom. The first-order valence-corrected chi connectivity index (χ1v) is 3.79. The molecule has 0 fully saturated rings. The molecule has 0 saturated heterocycles. The normalized spacial score (nSPS) is 18.5. The minimum atomic E-state index is -0.0302. The summed E-state index contributed by atoms with van der Waals surface area (Å²) in [6, 6.07) is 0. The van der Waals surface area contributed by atoms with Crippen molar-refractivity contribution >= 4 is 11.6 Å². The van der Waals surface area contributed by atoms with Crippen molar-refractivity contribution in [2.45, 2.75) is 27.2 Å². The summed E-state index contributed by atoms with van der Waals surface area (Å²) in [6.45, 7) is 6.15. The summed E-state index contributed by atoms with van der Waals surface area (Å²) < 4.78 is 0. The van der Waals surface area contributed by atoms with E-state index in [4.69, 9.17) is 0 Å². The van der Waals surface area contributed by atoms with E-state index in [9.17, 15) is 4.79 Å². The second-order valence-corrected chi connectivity index (χ2v) is 3.75. The summed E-state index contributed by atoms with van der Waals surface area (Å²) in [6.07, 6.45) is 4.26. The van der Waals surface area contributed by atoms with Gasteiger partial charge >= 0.3 is 0 Å². The van der Waals surface area contributed by atoms with Crippen LogP contribution in [0.2, 0.25) is 0 Å². The van der Waals surface area contributed by atoms with E-state index in [0.717, 1.165) is 5.71 Å². The van der Waals surface area contributed by atoms with Crippen molar-refractivity contribution in [1.29, 1.82) is 0 Å². The molecule has 11 heavy (non-hydrogen) atoms. The molecule has 0 aromatic carbocycles. The first kappa shape index (κ1) is 8.18. The average molecular weight is 151 g/mol. The molecule has 1 rings (SSSR count). The zero-order valence-corrected chi connectivity index (χ0v) is 7.22. The fourth-order valence-corrected chi connectivity index (χ4v) is 0.906. The lowest BCUT2D eigenvalue weighted by Gasteiger charge is -2.19. The Morgan fingerprint density at radius 3 is 2.45 bits per heavy atom. The zero-order chi connectivity index (χ0) is 8.48. The summed E-state index contributed by atoms with van der Waals surface area (Å²) in [4.78, 5) is 14.8. The highest BCUT2D eigenvalue weighted by molar-refractivity contribution is 6.07. The van der Waals surface area contributed by atoms with E-state index in [0.29, 0.717) is 6.42 Å². The number of allylic oxidation sites excluding steroid dienone is 1. The summed E-state index contributed by atoms with van der Waals surface area (Å²) >= 11 is 0. The smallest absolute Gasteiger partial charge is 0.249 e. The Morgan fingerprint density at radius 1 is 1.45 bits per heavy atom. The van der Waals surface area contributed by atoms with Crippen molar-refractivity contribution in [3.05, 3.63) is 12.2 Å². The molecule has 0 aromatic rings.